The van der Waals surface area contributed by atoms with E-state index >= 15 is 0 Å². The molecule has 0 heterocycles. The van der Waals surface area contributed by atoms with Gasteiger partial charge in [0.15, 0.2) is 0 Å². The van der Waals surface area contributed by atoms with Crippen LogP contribution in [0.25, 0.3) is 0 Å². The van der Waals surface area contributed by atoms with Gasteiger partial charge < -0.3 is 0 Å². The zero-order valence-electron chi connectivity index (χ0n) is 10.3. The maximum atomic E-state index is 4.02. The second-order valence-corrected chi connectivity index (χ2v) is 11.0. The highest BCUT2D eigenvalue weighted by atomic mass is 28.3. The smallest absolute Gasteiger partial charge is 0.0604 e. The fourth-order valence-corrected chi connectivity index (χ4v) is 9.56. The molecular formula is C14H26Si. The van der Waals surface area contributed by atoms with E-state index in [1.165, 1.54) is 31.7 Å². The van der Waals surface area contributed by atoms with Gasteiger partial charge in [-0.15, -0.1) is 6.58 Å². The third-order valence-corrected chi connectivity index (χ3v) is 11.2. The van der Waals surface area contributed by atoms with Crippen LogP contribution in [0, 0.1) is 0 Å². The van der Waals surface area contributed by atoms with Crippen molar-refractivity contribution in [2.45, 2.75) is 75.0 Å². The summed E-state index contributed by atoms with van der Waals surface area (Å²) >= 11 is 0. The quantitative estimate of drug-likeness (QED) is 0.456. The van der Waals surface area contributed by atoms with Crippen LogP contribution >= 0.6 is 0 Å². The summed E-state index contributed by atoms with van der Waals surface area (Å²) in [7, 11) is -1.00. The Balaban J connectivity index is 2.09. The molecule has 0 unspecified atom stereocenters. The van der Waals surface area contributed by atoms with Gasteiger partial charge in [-0.25, -0.2) is 0 Å². The molecule has 2 saturated carbocycles. The molecule has 15 heavy (non-hydrogen) atoms. The molecule has 0 aromatic rings. The molecule has 0 aliphatic heterocycles. The Morgan fingerprint density at radius 2 is 1.40 bits per heavy atom. The van der Waals surface area contributed by atoms with Crippen LogP contribution < -0.4 is 0 Å². The van der Waals surface area contributed by atoms with Gasteiger partial charge in [0.1, 0.15) is 0 Å². The van der Waals surface area contributed by atoms with Gasteiger partial charge in [0, 0.05) is 0 Å². The third kappa shape index (κ3) is 2.22. The molecule has 0 aromatic carbocycles. The second kappa shape index (κ2) is 4.86. The van der Waals surface area contributed by atoms with Crippen molar-refractivity contribution in [1.29, 1.82) is 0 Å². The number of allylic oxidation sites excluding steroid dienone is 1. The lowest BCUT2D eigenvalue weighted by atomic mass is 10.3. The highest BCUT2D eigenvalue weighted by Gasteiger charge is 2.43. The van der Waals surface area contributed by atoms with Crippen molar-refractivity contribution in [2.24, 2.45) is 0 Å². The van der Waals surface area contributed by atoms with Crippen LogP contribution in [-0.2, 0) is 0 Å². The summed E-state index contributed by atoms with van der Waals surface area (Å²) in [5.74, 6) is 0. The number of hydrogen-bond donors (Lipinski definition) is 0. The minimum absolute atomic E-state index is 1.00. The molecule has 0 atom stereocenters. The first-order chi connectivity index (χ1) is 7.27. The van der Waals surface area contributed by atoms with E-state index in [1.54, 1.807) is 25.7 Å². The van der Waals surface area contributed by atoms with Crippen molar-refractivity contribution in [2.75, 3.05) is 0 Å². The highest BCUT2D eigenvalue weighted by molar-refractivity contribution is 6.81. The maximum Gasteiger partial charge on any atom is 0.0604 e. The fraction of sp³-hybridized carbons (Fsp3) is 0.857. The van der Waals surface area contributed by atoms with Crippen LogP contribution in [0.5, 0.6) is 0 Å². The van der Waals surface area contributed by atoms with Gasteiger partial charge in [0.25, 0.3) is 0 Å². The Morgan fingerprint density at radius 3 is 1.73 bits per heavy atom. The molecule has 0 N–H and O–H groups in total. The summed E-state index contributed by atoms with van der Waals surface area (Å²) in [5.41, 5.74) is 2.28. The average Bonchev–Trinajstić information content (AvgIpc) is 2.92. The summed E-state index contributed by atoms with van der Waals surface area (Å²) < 4.78 is 0. The van der Waals surface area contributed by atoms with Gasteiger partial charge in [0.05, 0.1) is 8.07 Å². The van der Waals surface area contributed by atoms with E-state index in [2.05, 4.69) is 19.2 Å². The van der Waals surface area contributed by atoms with Crippen molar-refractivity contribution in [3.63, 3.8) is 0 Å². The molecule has 0 saturated heterocycles. The summed E-state index contributed by atoms with van der Waals surface area (Å²) in [6.07, 6.45) is 14.5. The largest absolute Gasteiger partial charge is 0.103 e. The maximum absolute atomic E-state index is 4.02. The van der Waals surface area contributed by atoms with E-state index in [0.29, 0.717) is 0 Å². The Labute approximate surface area is 96.2 Å². The van der Waals surface area contributed by atoms with Crippen LogP contribution in [0.3, 0.4) is 0 Å². The zero-order chi connectivity index (χ0) is 10.7. The Kier molecular flexibility index (Phi) is 3.71. The molecule has 0 aromatic heterocycles. The number of rotatable bonds is 4. The third-order valence-electron chi connectivity index (χ3n) is 5.16. The lowest BCUT2D eigenvalue weighted by Gasteiger charge is -2.38. The molecule has 0 amide bonds. The molecule has 2 aliphatic carbocycles. The highest BCUT2D eigenvalue weighted by Crippen LogP contribution is 2.51. The molecule has 2 rings (SSSR count). The lowest BCUT2D eigenvalue weighted by Crippen LogP contribution is -2.39. The van der Waals surface area contributed by atoms with Gasteiger partial charge in [-0.3, -0.25) is 0 Å². The van der Waals surface area contributed by atoms with Crippen LogP contribution in [0.4, 0.5) is 0 Å². The van der Waals surface area contributed by atoms with Crippen LogP contribution in [-0.4, -0.2) is 8.07 Å². The van der Waals surface area contributed by atoms with Crippen molar-refractivity contribution < 1.29 is 0 Å². The van der Waals surface area contributed by atoms with Crippen molar-refractivity contribution in [1.82, 2.24) is 0 Å². The first kappa shape index (κ1) is 11.4. The summed E-state index contributed by atoms with van der Waals surface area (Å²) in [6, 6.07) is 1.39. The van der Waals surface area contributed by atoms with E-state index < -0.39 is 8.07 Å². The molecule has 2 fully saturated rings. The Morgan fingerprint density at radius 1 is 1.00 bits per heavy atom. The Hall–Kier alpha value is -0.0431. The fourth-order valence-electron chi connectivity index (χ4n) is 4.15. The number of hydrogen-bond acceptors (Lipinski definition) is 0. The van der Waals surface area contributed by atoms with E-state index in [9.17, 15) is 0 Å². The minimum Gasteiger partial charge on any atom is -0.103 e. The molecule has 2 aliphatic rings. The normalized spacial score (nSPS) is 24.9. The molecule has 0 bridgehead atoms. The second-order valence-electron chi connectivity index (χ2n) is 5.96. The molecule has 1 heteroatoms. The lowest BCUT2D eigenvalue weighted by molar-refractivity contribution is 0.744. The van der Waals surface area contributed by atoms with Gasteiger partial charge >= 0.3 is 0 Å². The van der Waals surface area contributed by atoms with Gasteiger partial charge in [0.2, 0.25) is 0 Å². The summed E-state index contributed by atoms with van der Waals surface area (Å²) in [4.78, 5) is 0. The summed E-state index contributed by atoms with van der Waals surface area (Å²) in [5, 5.41) is 0. The average molecular weight is 222 g/mol. The van der Waals surface area contributed by atoms with Gasteiger partial charge in [-0.2, -0.15) is 0 Å². The molecule has 0 spiro atoms. The predicted octanol–water partition coefficient (Wildman–Crippen LogP) is 5.14. The molecule has 0 nitrogen and oxygen atoms in total. The van der Waals surface area contributed by atoms with Crippen molar-refractivity contribution in [3.8, 4) is 0 Å². The van der Waals surface area contributed by atoms with Crippen molar-refractivity contribution in [3.05, 3.63) is 12.7 Å². The van der Waals surface area contributed by atoms with E-state index in [0.717, 1.165) is 11.1 Å². The Bertz CT molecular complexity index is 193. The van der Waals surface area contributed by atoms with Gasteiger partial charge in [-0.1, -0.05) is 64.0 Å². The monoisotopic (exact) mass is 222 g/mol. The van der Waals surface area contributed by atoms with E-state index in [1.807, 2.05) is 0 Å². The van der Waals surface area contributed by atoms with E-state index in [-0.39, 0.29) is 0 Å². The summed E-state index contributed by atoms with van der Waals surface area (Å²) in [6.45, 7) is 6.72. The molecule has 0 radical (unpaired) electrons. The molecular weight excluding hydrogens is 196 g/mol. The predicted molar refractivity (Wildman–Crippen MR) is 71.1 cm³/mol. The first-order valence-electron chi connectivity index (χ1n) is 6.88. The SMILES string of the molecule is C=CC[Si](C)(C1CCCC1)C1CCCC1. The zero-order valence-corrected chi connectivity index (χ0v) is 11.3. The van der Waals surface area contributed by atoms with Crippen LogP contribution in [0.2, 0.25) is 23.7 Å². The minimum atomic E-state index is -1.00. The standard InChI is InChI=1S/C14H26Si/c1-3-12-15(2,13-8-4-5-9-13)14-10-6-7-11-14/h3,13-14H,1,4-12H2,2H3. The topological polar surface area (TPSA) is 0 Å². The first-order valence-corrected chi connectivity index (χ1v) is 9.74. The van der Waals surface area contributed by atoms with Gasteiger partial charge in [-0.05, 0) is 17.1 Å². The van der Waals surface area contributed by atoms with Crippen molar-refractivity contribution >= 4 is 8.07 Å². The molecule has 86 valence electrons. The van der Waals surface area contributed by atoms with Crippen LogP contribution in [0.1, 0.15) is 51.4 Å². The van der Waals surface area contributed by atoms with Crippen LogP contribution in [0.15, 0.2) is 12.7 Å². The van der Waals surface area contributed by atoms with E-state index in [4.69, 9.17) is 0 Å².